The van der Waals surface area contributed by atoms with Crippen molar-refractivity contribution in [2.75, 3.05) is 31.2 Å². The zero-order chi connectivity index (χ0) is 14.8. The van der Waals surface area contributed by atoms with Crippen molar-refractivity contribution in [3.05, 3.63) is 65.7 Å². The van der Waals surface area contributed by atoms with Gasteiger partial charge in [-0.05, 0) is 23.8 Å². The first-order valence-electron chi connectivity index (χ1n) is 7.79. The Morgan fingerprint density at radius 2 is 1.91 bits per heavy atom. The summed E-state index contributed by atoms with van der Waals surface area (Å²) < 4.78 is 5.49. The average molecular weight is 291 g/mol. The molecule has 0 amide bonds. The fourth-order valence-electron chi connectivity index (χ4n) is 3.16. The van der Waals surface area contributed by atoms with E-state index in [0.717, 1.165) is 32.7 Å². The number of aromatic nitrogens is 1. The molecule has 0 atom stereocenters. The van der Waals surface area contributed by atoms with Crippen LogP contribution in [-0.4, -0.2) is 31.3 Å². The summed E-state index contributed by atoms with van der Waals surface area (Å²) in [4.78, 5) is 6.01. The maximum Gasteiger partial charge on any atom is 0.110 e. The van der Waals surface area contributed by atoms with Crippen LogP contribution in [0, 0.1) is 6.07 Å². The largest absolute Gasteiger partial charge is 0.378 e. The first-order valence-corrected chi connectivity index (χ1v) is 7.79. The Bertz CT molecular complexity index is 757. The number of H-pyrrole nitrogens is 1. The lowest BCUT2D eigenvalue weighted by Gasteiger charge is -2.28. The Labute approximate surface area is 130 Å². The molecule has 1 aliphatic rings. The van der Waals surface area contributed by atoms with Crippen molar-refractivity contribution in [3.63, 3.8) is 0 Å². The fraction of sp³-hybridized carbons (Fsp3) is 0.263. The Balaban J connectivity index is 1.79. The quantitative estimate of drug-likeness (QED) is 0.801. The summed E-state index contributed by atoms with van der Waals surface area (Å²) >= 11 is 0. The number of morpholine rings is 1. The third-order valence-electron chi connectivity index (χ3n) is 4.28. The SMILES string of the molecule is [c]1ccc2[nH]c(N3CCOCC3)c(Cc3ccccc3)c2c1. The lowest BCUT2D eigenvalue weighted by atomic mass is 10.0. The van der Waals surface area contributed by atoms with Crippen LogP contribution in [-0.2, 0) is 11.2 Å². The number of fused-ring (bicyclic) bond motifs is 1. The molecule has 3 nitrogen and oxygen atoms in total. The number of benzene rings is 2. The fourth-order valence-corrected chi connectivity index (χ4v) is 3.16. The van der Waals surface area contributed by atoms with E-state index in [-0.39, 0.29) is 0 Å². The van der Waals surface area contributed by atoms with Crippen LogP contribution in [0.1, 0.15) is 11.1 Å². The minimum atomic E-state index is 0.798. The molecule has 4 rings (SSSR count). The van der Waals surface area contributed by atoms with Crippen LogP contribution in [0.4, 0.5) is 5.82 Å². The maximum absolute atomic E-state index is 5.49. The van der Waals surface area contributed by atoms with E-state index in [1.807, 2.05) is 6.07 Å². The van der Waals surface area contributed by atoms with Gasteiger partial charge < -0.3 is 14.6 Å². The van der Waals surface area contributed by atoms with E-state index in [1.165, 1.54) is 27.8 Å². The first kappa shape index (κ1) is 13.4. The van der Waals surface area contributed by atoms with Gasteiger partial charge in [0.1, 0.15) is 5.82 Å². The van der Waals surface area contributed by atoms with Gasteiger partial charge in [0.05, 0.1) is 13.2 Å². The first-order chi connectivity index (χ1) is 10.9. The molecule has 1 aliphatic heterocycles. The van der Waals surface area contributed by atoms with Gasteiger partial charge in [-0.2, -0.15) is 0 Å². The number of nitrogens with zero attached hydrogens (tertiary/aromatic N) is 1. The van der Waals surface area contributed by atoms with Crippen molar-refractivity contribution in [3.8, 4) is 0 Å². The van der Waals surface area contributed by atoms with E-state index in [1.54, 1.807) is 0 Å². The van der Waals surface area contributed by atoms with Crippen molar-refractivity contribution in [1.29, 1.82) is 0 Å². The van der Waals surface area contributed by atoms with E-state index < -0.39 is 0 Å². The highest BCUT2D eigenvalue weighted by Crippen LogP contribution is 2.31. The Hall–Kier alpha value is -2.26. The Morgan fingerprint density at radius 3 is 2.73 bits per heavy atom. The highest BCUT2D eigenvalue weighted by atomic mass is 16.5. The summed E-state index contributed by atoms with van der Waals surface area (Å²) in [6, 6.07) is 20.0. The standard InChI is InChI=1S/C19H19N2O/c1-2-6-15(7-3-1)14-17-16-8-4-5-9-18(16)20-19(17)21-10-12-22-13-11-21/h1-3,5-9,20H,10-14H2. The molecule has 0 aliphatic carbocycles. The van der Waals surface area contributed by atoms with Gasteiger partial charge in [-0.1, -0.05) is 36.4 Å². The molecule has 3 aromatic rings. The molecule has 1 aromatic heterocycles. The summed E-state index contributed by atoms with van der Waals surface area (Å²) in [6.45, 7) is 3.48. The molecule has 1 N–H and O–H groups in total. The molecule has 2 aromatic carbocycles. The van der Waals surface area contributed by atoms with Crippen LogP contribution in [0.2, 0.25) is 0 Å². The highest BCUT2D eigenvalue weighted by molar-refractivity contribution is 5.89. The molecule has 1 radical (unpaired) electrons. The van der Waals surface area contributed by atoms with Crippen molar-refractivity contribution in [1.82, 2.24) is 4.98 Å². The third-order valence-corrected chi connectivity index (χ3v) is 4.28. The number of ether oxygens (including phenoxy) is 1. The molecule has 1 saturated heterocycles. The zero-order valence-corrected chi connectivity index (χ0v) is 12.5. The molecular weight excluding hydrogens is 272 g/mol. The molecule has 0 unspecified atom stereocenters. The van der Waals surface area contributed by atoms with Gasteiger partial charge >= 0.3 is 0 Å². The Kier molecular flexibility index (Phi) is 3.57. The summed E-state index contributed by atoms with van der Waals surface area (Å²) in [6.07, 6.45) is 0.936. The summed E-state index contributed by atoms with van der Waals surface area (Å²) in [5.74, 6) is 1.24. The summed E-state index contributed by atoms with van der Waals surface area (Å²) in [5, 5.41) is 1.27. The molecule has 2 heterocycles. The molecule has 0 spiro atoms. The van der Waals surface area contributed by atoms with E-state index >= 15 is 0 Å². The number of anilines is 1. The molecule has 3 heteroatoms. The van der Waals surface area contributed by atoms with Gasteiger partial charge in [0.15, 0.2) is 0 Å². The van der Waals surface area contributed by atoms with Crippen LogP contribution in [0.3, 0.4) is 0 Å². The van der Waals surface area contributed by atoms with Crippen molar-refractivity contribution in [2.45, 2.75) is 6.42 Å². The van der Waals surface area contributed by atoms with E-state index in [4.69, 9.17) is 4.74 Å². The van der Waals surface area contributed by atoms with Gasteiger partial charge in [-0.3, -0.25) is 0 Å². The van der Waals surface area contributed by atoms with E-state index in [0.29, 0.717) is 0 Å². The minimum Gasteiger partial charge on any atom is -0.378 e. The van der Waals surface area contributed by atoms with E-state index in [2.05, 4.69) is 58.4 Å². The van der Waals surface area contributed by atoms with Gasteiger partial charge in [0.25, 0.3) is 0 Å². The van der Waals surface area contributed by atoms with Crippen LogP contribution < -0.4 is 4.90 Å². The van der Waals surface area contributed by atoms with Crippen LogP contribution >= 0.6 is 0 Å². The topological polar surface area (TPSA) is 28.3 Å². The zero-order valence-electron chi connectivity index (χ0n) is 12.5. The molecule has 1 fully saturated rings. The predicted octanol–water partition coefficient (Wildman–Crippen LogP) is 3.40. The third kappa shape index (κ3) is 2.48. The monoisotopic (exact) mass is 291 g/mol. The summed E-state index contributed by atoms with van der Waals surface area (Å²) in [7, 11) is 0. The Morgan fingerprint density at radius 1 is 1.09 bits per heavy atom. The number of aromatic amines is 1. The smallest absolute Gasteiger partial charge is 0.110 e. The lowest BCUT2D eigenvalue weighted by Crippen LogP contribution is -2.37. The van der Waals surface area contributed by atoms with Crippen LogP contribution in [0.25, 0.3) is 10.9 Å². The van der Waals surface area contributed by atoms with Gasteiger partial charge in [-0.25, -0.2) is 0 Å². The van der Waals surface area contributed by atoms with Crippen molar-refractivity contribution >= 4 is 16.7 Å². The molecular formula is C19H19N2O. The average Bonchev–Trinajstić information content (AvgIpc) is 2.95. The van der Waals surface area contributed by atoms with Crippen molar-refractivity contribution < 1.29 is 4.74 Å². The normalized spacial score (nSPS) is 15.4. The van der Waals surface area contributed by atoms with Crippen LogP contribution in [0.5, 0.6) is 0 Å². The minimum absolute atomic E-state index is 0.798. The molecule has 0 bridgehead atoms. The second-order valence-electron chi connectivity index (χ2n) is 5.69. The second kappa shape index (κ2) is 5.85. The molecule has 0 saturated carbocycles. The number of nitrogens with one attached hydrogen (secondary N) is 1. The van der Waals surface area contributed by atoms with Gasteiger partial charge in [0, 0.05) is 36.0 Å². The number of hydrogen-bond acceptors (Lipinski definition) is 2. The highest BCUT2D eigenvalue weighted by Gasteiger charge is 2.19. The molecule has 22 heavy (non-hydrogen) atoms. The number of hydrogen-bond donors (Lipinski definition) is 1. The molecule has 111 valence electrons. The maximum atomic E-state index is 5.49. The lowest BCUT2D eigenvalue weighted by molar-refractivity contribution is 0.122. The summed E-state index contributed by atoms with van der Waals surface area (Å²) in [5.41, 5.74) is 3.88. The van der Waals surface area contributed by atoms with Gasteiger partial charge in [-0.15, -0.1) is 0 Å². The number of rotatable bonds is 3. The van der Waals surface area contributed by atoms with Crippen LogP contribution in [0.15, 0.2) is 48.5 Å². The second-order valence-corrected chi connectivity index (χ2v) is 5.69. The van der Waals surface area contributed by atoms with Crippen molar-refractivity contribution in [2.24, 2.45) is 0 Å². The predicted molar refractivity (Wildman–Crippen MR) is 89.4 cm³/mol. The van der Waals surface area contributed by atoms with Gasteiger partial charge in [0.2, 0.25) is 0 Å². The van der Waals surface area contributed by atoms with E-state index in [9.17, 15) is 0 Å².